The van der Waals surface area contributed by atoms with E-state index in [1.807, 2.05) is 6.08 Å². The summed E-state index contributed by atoms with van der Waals surface area (Å²) in [5, 5.41) is 0. The lowest BCUT2D eigenvalue weighted by atomic mass is 9.79. The van der Waals surface area contributed by atoms with Crippen LogP contribution in [0.4, 0.5) is 0 Å². The Morgan fingerprint density at radius 1 is 1.73 bits per heavy atom. The van der Waals surface area contributed by atoms with Gasteiger partial charge in [0.1, 0.15) is 5.78 Å². The van der Waals surface area contributed by atoms with E-state index in [-0.39, 0.29) is 5.41 Å². The Kier molecular flexibility index (Phi) is 2.48. The molecular formula is C10H16O. The van der Waals surface area contributed by atoms with Gasteiger partial charge in [0, 0.05) is 11.8 Å². The number of carbonyl (C=O) groups excluding carboxylic acids is 1. The summed E-state index contributed by atoms with van der Waals surface area (Å²) >= 11 is 0. The molecule has 11 heavy (non-hydrogen) atoms. The van der Waals surface area contributed by atoms with Gasteiger partial charge >= 0.3 is 0 Å². The second kappa shape index (κ2) is 3.21. The van der Waals surface area contributed by atoms with Crippen molar-refractivity contribution < 1.29 is 4.79 Å². The summed E-state index contributed by atoms with van der Waals surface area (Å²) in [6.45, 7) is 5.80. The summed E-state index contributed by atoms with van der Waals surface area (Å²) in [4.78, 5) is 11.5. The van der Waals surface area contributed by atoms with Crippen molar-refractivity contribution in [2.45, 2.75) is 39.0 Å². The van der Waals surface area contributed by atoms with Crippen LogP contribution in [0.5, 0.6) is 0 Å². The topological polar surface area (TPSA) is 17.1 Å². The van der Waals surface area contributed by atoms with Crippen molar-refractivity contribution in [1.29, 1.82) is 0 Å². The van der Waals surface area contributed by atoms with Crippen molar-refractivity contribution in [3.05, 3.63) is 12.7 Å². The smallest absolute Gasteiger partial charge is 0.139 e. The number of ketones is 1. The van der Waals surface area contributed by atoms with Gasteiger partial charge in [-0.15, -0.1) is 6.58 Å². The van der Waals surface area contributed by atoms with Gasteiger partial charge in [-0.25, -0.2) is 0 Å². The Morgan fingerprint density at radius 2 is 2.45 bits per heavy atom. The van der Waals surface area contributed by atoms with Crippen LogP contribution in [0, 0.1) is 5.41 Å². The van der Waals surface area contributed by atoms with Crippen LogP contribution in [0.1, 0.15) is 39.0 Å². The van der Waals surface area contributed by atoms with Crippen LogP contribution in [-0.4, -0.2) is 5.78 Å². The van der Waals surface area contributed by atoms with E-state index < -0.39 is 0 Å². The van der Waals surface area contributed by atoms with E-state index in [4.69, 9.17) is 0 Å². The molecule has 1 atom stereocenters. The second-order valence-corrected chi connectivity index (χ2v) is 3.40. The molecule has 0 amide bonds. The molecule has 0 bridgehead atoms. The molecule has 1 nitrogen and oxygen atoms in total. The van der Waals surface area contributed by atoms with Crippen molar-refractivity contribution in [1.82, 2.24) is 0 Å². The first-order chi connectivity index (χ1) is 5.25. The van der Waals surface area contributed by atoms with Gasteiger partial charge in [0.05, 0.1) is 0 Å². The summed E-state index contributed by atoms with van der Waals surface area (Å²) < 4.78 is 0. The molecule has 1 aliphatic rings. The van der Waals surface area contributed by atoms with Crippen LogP contribution < -0.4 is 0 Å². The molecule has 0 aromatic carbocycles. The predicted octanol–water partition coefficient (Wildman–Crippen LogP) is 2.71. The van der Waals surface area contributed by atoms with Crippen LogP contribution in [0.2, 0.25) is 0 Å². The Labute approximate surface area is 68.5 Å². The molecule has 1 fully saturated rings. The summed E-state index contributed by atoms with van der Waals surface area (Å²) in [5.74, 6) is 0.458. The molecule has 0 unspecified atom stereocenters. The van der Waals surface area contributed by atoms with Crippen LogP contribution in [0.25, 0.3) is 0 Å². The molecule has 1 aliphatic carbocycles. The zero-order valence-electron chi connectivity index (χ0n) is 7.23. The average molecular weight is 152 g/mol. The highest BCUT2D eigenvalue weighted by molar-refractivity contribution is 5.86. The standard InChI is InChI=1S/C10H16O/c1-3-7-10(4-2)8-5-6-9(10)11/h3H,1,4-8H2,2H3/t10-/m1/s1. The molecule has 0 saturated heterocycles. The first-order valence-corrected chi connectivity index (χ1v) is 4.39. The van der Waals surface area contributed by atoms with Crippen LogP contribution >= 0.6 is 0 Å². The second-order valence-electron chi connectivity index (χ2n) is 3.40. The summed E-state index contributed by atoms with van der Waals surface area (Å²) in [6, 6.07) is 0. The largest absolute Gasteiger partial charge is 0.299 e. The molecule has 62 valence electrons. The van der Waals surface area contributed by atoms with Crippen molar-refractivity contribution in [2.24, 2.45) is 5.41 Å². The first-order valence-electron chi connectivity index (χ1n) is 4.39. The molecule has 0 aliphatic heterocycles. The minimum absolute atomic E-state index is 0.0122. The van der Waals surface area contributed by atoms with Crippen molar-refractivity contribution >= 4 is 5.78 Å². The van der Waals surface area contributed by atoms with Gasteiger partial charge < -0.3 is 0 Å². The van der Waals surface area contributed by atoms with Gasteiger partial charge in [-0.3, -0.25) is 4.79 Å². The highest BCUT2D eigenvalue weighted by atomic mass is 16.1. The maximum atomic E-state index is 11.5. The minimum Gasteiger partial charge on any atom is -0.299 e. The van der Waals surface area contributed by atoms with Gasteiger partial charge in [-0.1, -0.05) is 13.0 Å². The molecule has 1 saturated carbocycles. The number of hydrogen-bond donors (Lipinski definition) is 0. The highest BCUT2D eigenvalue weighted by Crippen LogP contribution is 2.40. The predicted molar refractivity (Wildman–Crippen MR) is 46.4 cm³/mol. The average Bonchev–Trinajstić information content (AvgIpc) is 2.35. The fourth-order valence-electron chi connectivity index (χ4n) is 2.00. The first kappa shape index (κ1) is 8.51. The lowest BCUT2D eigenvalue weighted by molar-refractivity contribution is -0.125. The molecule has 0 radical (unpaired) electrons. The molecule has 0 aromatic rings. The Hall–Kier alpha value is -0.590. The Morgan fingerprint density at radius 3 is 2.82 bits per heavy atom. The number of hydrogen-bond acceptors (Lipinski definition) is 1. The van der Waals surface area contributed by atoms with Gasteiger partial charge in [0.25, 0.3) is 0 Å². The van der Waals surface area contributed by atoms with Crippen molar-refractivity contribution in [3.63, 3.8) is 0 Å². The van der Waals surface area contributed by atoms with E-state index >= 15 is 0 Å². The normalized spacial score (nSPS) is 30.8. The van der Waals surface area contributed by atoms with Crippen LogP contribution in [0.15, 0.2) is 12.7 Å². The van der Waals surface area contributed by atoms with Crippen molar-refractivity contribution in [3.8, 4) is 0 Å². The lowest BCUT2D eigenvalue weighted by Crippen LogP contribution is -2.23. The van der Waals surface area contributed by atoms with E-state index in [0.29, 0.717) is 5.78 Å². The highest BCUT2D eigenvalue weighted by Gasteiger charge is 2.38. The minimum atomic E-state index is -0.0122. The van der Waals surface area contributed by atoms with E-state index in [1.165, 1.54) is 0 Å². The van der Waals surface area contributed by atoms with Gasteiger partial charge in [0.2, 0.25) is 0 Å². The van der Waals surface area contributed by atoms with E-state index in [0.717, 1.165) is 32.1 Å². The quantitative estimate of drug-likeness (QED) is 0.568. The van der Waals surface area contributed by atoms with E-state index in [2.05, 4.69) is 13.5 Å². The molecule has 0 N–H and O–H groups in total. The third-order valence-corrected chi connectivity index (χ3v) is 2.86. The summed E-state index contributed by atoms with van der Waals surface area (Å²) in [5.41, 5.74) is -0.0122. The lowest BCUT2D eigenvalue weighted by Gasteiger charge is -2.23. The van der Waals surface area contributed by atoms with Crippen molar-refractivity contribution in [2.75, 3.05) is 0 Å². The third kappa shape index (κ3) is 1.37. The summed E-state index contributed by atoms with van der Waals surface area (Å²) in [7, 11) is 0. The maximum Gasteiger partial charge on any atom is 0.139 e. The molecule has 1 rings (SSSR count). The molecule has 0 spiro atoms. The summed E-state index contributed by atoms with van der Waals surface area (Å²) in [6.07, 6.45) is 6.70. The third-order valence-electron chi connectivity index (χ3n) is 2.86. The molecule has 1 heteroatoms. The Bertz CT molecular complexity index is 172. The number of Topliss-reactive ketones (excluding diaryl/α,β-unsaturated/α-hetero) is 1. The zero-order chi connectivity index (χ0) is 8.32. The molecule has 0 aromatic heterocycles. The fraction of sp³-hybridized carbons (Fsp3) is 0.700. The number of carbonyl (C=O) groups is 1. The van der Waals surface area contributed by atoms with E-state index in [1.54, 1.807) is 0 Å². The SMILES string of the molecule is C=CC[C@]1(CC)CCCC1=O. The van der Waals surface area contributed by atoms with E-state index in [9.17, 15) is 4.79 Å². The molecular weight excluding hydrogens is 136 g/mol. The monoisotopic (exact) mass is 152 g/mol. The number of rotatable bonds is 3. The zero-order valence-corrected chi connectivity index (χ0v) is 7.23. The van der Waals surface area contributed by atoms with Crippen LogP contribution in [0.3, 0.4) is 0 Å². The van der Waals surface area contributed by atoms with Gasteiger partial charge in [-0.2, -0.15) is 0 Å². The van der Waals surface area contributed by atoms with Crippen LogP contribution in [-0.2, 0) is 4.79 Å². The van der Waals surface area contributed by atoms with Gasteiger partial charge in [-0.05, 0) is 25.7 Å². The fourth-order valence-corrected chi connectivity index (χ4v) is 2.00. The molecule has 0 heterocycles. The Balaban J connectivity index is 2.72. The van der Waals surface area contributed by atoms with Gasteiger partial charge in [0.15, 0.2) is 0 Å². The maximum absolute atomic E-state index is 11.5. The number of allylic oxidation sites excluding steroid dienone is 1.